The van der Waals surface area contributed by atoms with Crippen LogP contribution in [0, 0.1) is 13.8 Å². The maximum absolute atomic E-state index is 13.3. The van der Waals surface area contributed by atoms with E-state index in [2.05, 4.69) is 21.5 Å². The highest BCUT2D eigenvalue weighted by atomic mass is 32.1. The lowest BCUT2D eigenvalue weighted by Crippen LogP contribution is -2.13. The van der Waals surface area contributed by atoms with Crippen LogP contribution in [0.15, 0.2) is 54.7 Å². The second-order valence-electron chi connectivity index (χ2n) is 7.50. The number of anilines is 1. The Morgan fingerprint density at radius 3 is 2.71 bits per heavy atom. The highest BCUT2D eigenvalue weighted by molar-refractivity contribution is 7.22. The number of nitrogens with one attached hydrogen (secondary N) is 1. The third kappa shape index (κ3) is 3.57. The van der Waals surface area contributed by atoms with Gasteiger partial charge in [0.05, 0.1) is 32.7 Å². The minimum absolute atomic E-state index is 0.198. The Morgan fingerprint density at radius 2 is 1.90 bits per heavy atom. The molecule has 0 fully saturated rings. The number of fused-ring (bicyclic) bond motifs is 2. The first kappa shape index (κ1) is 19.4. The van der Waals surface area contributed by atoms with Gasteiger partial charge >= 0.3 is 0 Å². The summed E-state index contributed by atoms with van der Waals surface area (Å²) in [7, 11) is 0. The molecule has 0 unspecified atom stereocenters. The Hall–Kier alpha value is -3.58. The zero-order valence-electron chi connectivity index (χ0n) is 17.5. The van der Waals surface area contributed by atoms with Gasteiger partial charge in [0.15, 0.2) is 5.13 Å². The van der Waals surface area contributed by atoms with Crippen molar-refractivity contribution in [3.8, 4) is 11.3 Å². The number of carbonyl (C=O) groups is 1. The smallest absolute Gasteiger partial charge is 0.258 e. The van der Waals surface area contributed by atoms with Gasteiger partial charge in [0.25, 0.3) is 5.91 Å². The third-order valence-corrected chi connectivity index (χ3v) is 6.21. The summed E-state index contributed by atoms with van der Waals surface area (Å²) in [5.41, 5.74) is 5.94. The van der Waals surface area contributed by atoms with Crippen molar-refractivity contribution in [2.45, 2.75) is 27.3 Å². The van der Waals surface area contributed by atoms with Crippen molar-refractivity contribution in [1.82, 2.24) is 19.7 Å². The number of para-hydroxylation sites is 1. The van der Waals surface area contributed by atoms with E-state index in [0.29, 0.717) is 10.7 Å². The Balaban J connectivity index is 1.58. The number of pyridine rings is 1. The van der Waals surface area contributed by atoms with Gasteiger partial charge in [0, 0.05) is 23.7 Å². The molecule has 0 atom stereocenters. The molecular formula is C24H21N5OS. The van der Waals surface area contributed by atoms with Crippen LogP contribution < -0.4 is 5.32 Å². The molecule has 5 rings (SSSR count). The Labute approximate surface area is 183 Å². The number of amides is 1. The summed E-state index contributed by atoms with van der Waals surface area (Å²) in [4.78, 5) is 22.7. The molecule has 3 heterocycles. The minimum atomic E-state index is -0.198. The van der Waals surface area contributed by atoms with E-state index in [0.717, 1.165) is 44.6 Å². The lowest BCUT2D eigenvalue weighted by molar-refractivity contribution is 0.102. The average molecular weight is 428 g/mol. The van der Waals surface area contributed by atoms with Crippen LogP contribution in [0.3, 0.4) is 0 Å². The molecule has 0 radical (unpaired) electrons. The standard InChI is InChI=1S/C24H21N5OS/c1-4-29-13-18(15(3)28-29)21-12-17(16-7-5-6-8-19(16)25-21)23(30)27-24-26-20-10-9-14(2)11-22(20)31-24/h5-13H,4H2,1-3H3,(H,26,27,30). The van der Waals surface area contributed by atoms with Crippen molar-refractivity contribution in [2.75, 3.05) is 5.32 Å². The highest BCUT2D eigenvalue weighted by Crippen LogP contribution is 2.30. The third-order valence-electron chi connectivity index (χ3n) is 5.27. The average Bonchev–Trinajstić information content (AvgIpc) is 3.34. The van der Waals surface area contributed by atoms with Crippen LogP contribution in [0.1, 0.15) is 28.5 Å². The zero-order chi connectivity index (χ0) is 21.5. The lowest BCUT2D eigenvalue weighted by Gasteiger charge is -2.09. The first-order valence-corrected chi connectivity index (χ1v) is 11.0. The van der Waals surface area contributed by atoms with Gasteiger partial charge < -0.3 is 0 Å². The van der Waals surface area contributed by atoms with Crippen LogP contribution in [0.2, 0.25) is 0 Å². The summed E-state index contributed by atoms with van der Waals surface area (Å²) in [6, 6.07) is 15.6. The maximum atomic E-state index is 13.3. The zero-order valence-corrected chi connectivity index (χ0v) is 18.3. The Kier molecular flexibility index (Phi) is 4.75. The van der Waals surface area contributed by atoms with Gasteiger partial charge in [0.1, 0.15) is 0 Å². The molecule has 0 aliphatic carbocycles. The summed E-state index contributed by atoms with van der Waals surface area (Å²) in [6.45, 7) is 6.83. The van der Waals surface area contributed by atoms with E-state index < -0.39 is 0 Å². The van der Waals surface area contributed by atoms with Crippen LogP contribution in [-0.4, -0.2) is 25.7 Å². The van der Waals surface area contributed by atoms with Crippen molar-refractivity contribution in [3.63, 3.8) is 0 Å². The fraction of sp³-hybridized carbons (Fsp3) is 0.167. The maximum Gasteiger partial charge on any atom is 0.258 e. The largest absolute Gasteiger partial charge is 0.298 e. The van der Waals surface area contributed by atoms with E-state index in [-0.39, 0.29) is 5.91 Å². The Bertz CT molecular complexity index is 1450. The summed E-state index contributed by atoms with van der Waals surface area (Å²) in [5, 5.41) is 8.91. The molecule has 1 N–H and O–H groups in total. The Morgan fingerprint density at radius 1 is 1.06 bits per heavy atom. The fourth-order valence-electron chi connectivity index (χ4n) is 3.68. The molecule has 31 heavy (non-hydrogen) atoms. The first-order valence-electron chi connectivity index (χ1n) is 10.1. The number of carbonyl (C=O) groups excluding carboxylic acids is 1. The number of nitrogens with zero attached hydrogens (tertiary/aromatic N) is 4. The molecular weight excluding hydrogens is 406 g/mol. The van der Waals surface area contributed by atoms with Crippen molar-refractivity contribution in [3.05, 3.63) is 71.5 Å². The SMILES string of the molecule is CCn1cc(-c2cc(C(=O)Nc3nc4ccc(C)cc4s3)c3ccccc3n2)c(C)n1. The number of hydrogen-bond acceptors (Lipinski definition) is 5. The van der Waals surface area contributed by atoms with E-state index in [1.54, 1.807) is 0 Å². The second kappa shape index (κ2) is 7.59. The second-order valence-corrected chi connectivity index (χ2v) is 8.53. The normalized spacial score (nSPS) is 11.3. The van der Waals surface area contributed by atoms with Crippen LogP contribution in [0.25, 0.3) is 32.4 Å². The summed E-state index contributed by atoms with van der Waals surface area (Å²) >= 11 is 1.48. The number of benzene rings is 2. The molecule has 0 saturated heterocycles. The number of rotatable bonds is 4. The van der Waals surface area contributed by atoms with E-state index in [9.17, 15) is 4.79 Å². The van der Waals surface area contributed by atoms with Crippen LogP contribution >= 0.6 is 11.3 Å². The van der Waals surface area contributed by atoms with Gasteiger partial charge in [-0.05, 0) is 50.6 Å². The van der Waals surface area contributed by atoms with Crippen LogP contribution in [0.4, 0.5) is 5.13 Å². The van der Waals surface area contributed by atoms with Gasteiger partial charge in [-0.2, -0.15) is 5.10 Å². The van der Waals surface area contributed by atoms with Gasteiger partial charge in [-0.3, -0.25) is 14.8 Å². The molecule has 3 aromatic heterocycles. The molecule has 154 valence electrons. The van der Waals surface area contributed by atoms with Crippen LogP contribution in [0.5, 0.6) is 0 Å². The summed E-state index contributed by atoms with van der Waals surface area (Å²) in [5.74, 6) is -0.198. The molecule has 0 saturated carbocycles. The molecule has 6 nitrogen and oxygen atoms in total. The van der Waals surface area contributed by atoms with Crippen molar-refractivity contribution in [2.24, 2.45) is 0 Å². The van der Waals surface area contributed by atoms with E-state index in [4.69, 9.17) is 4.98 Å². The van der Waals surface area contributed by atoms with Crippen molar-refractivity contribution < 1.29 is 4.79 Å². The molecule has 0 aliphatic heterocycles. The topological polar surface area (TPSA) is 72.7 Å². The van der Waals surface area contributed by atoms with Gasteiger partial charge in [-0.25, -0.2) is 9.97 Å². The first-order chi connectivity index (χ1) is 15.0. The van der Waals surface area contributed by atoms with Crippen molar-refractivity contribution >= 4 is 43.5 Å². The van der Waals surface area contributed by atoms with Gasteiger partial charge in [-0.15, -0.1) is 0 Å². The molecule has 1 amide bonds. The number of aromatic nitrogens is 4. The number of hydrogen-bond donors (Lipinski definition) is 1. The number of aryl methyl sites for hydroxylation is 3. The van der Waals surface area contributed by atoms with Crippen molar-refractivity contribution in [1.29, 1.82) is 0 Å². The minimum Gasteiger partial charge on any atom is -0.298 e. The summed E-state index contributed by atoms with van der Waals surface area (Å²) < 4.78 is 2.93. The van der Waals surface area contributed by atoms with E-state index in [1.165, 1.54) is 16.9 Å². The van der Waals surface area contributed by atoms with E-state index >= 15 is 0 Å². The molecule has 2 aromatic carbocycles. The highest BCUT2D eigenvalue weighted by Gasteiger charge is 2.17. The molecule has 5 aromatic rings. The monoisotopic (exact) mass is 427 g/mol. The predicted molar refractivity (Wildman–Crippen MR) is 126 cm³/mol. The predicted octanol–water partition coefficient (Wildman–Crippen LogP) is 5.60. The molecule has 7 heteroatoms. The molecule has 0 spiro atoms. The number of thiazole rings is 1. The fourth-order valence-corrected chi connectivity index (χ4v) is 4.64. The van der Waals surface area contributed by atoms with Gasteiger partial charge in [0.2, 0.25) is 0 Å². The molecule has 0 aliphatic rings. The van der Waals surface area contributed by atoms with E-state index in [1.807, 2.05) is 74.1 Å². The quantitative estimate of drug-likeness (QED) is 0.405. The summed E-state index contributed by atoms with van der Waals surface area (Å²) in [6.07, 6.45) is 1.98. The lowest BCUT2D eigenvalue weighted by atomic mass is 10.0. The van der Waals surface area contributed by atoms with Crippen LogP contribution in [-0.2, 0) is 6.54 Å². The van der Waals surface area contributed by atoms with Gasteiger partial charge in [-0.1, -0.05) is 35.6 Å². The molecule has 0 bridgehead atoms.